The summed E-state index contributed by atoms with van der Waals surface area (Å²) in [5.41, 5.74) is 2.23. The van der Waals surface area contributed by atoms with Crippen molar-refractivity contribution in [3.8, 4) is 17.2 Å². The molecule has 2 heterocycles. The van der Waals surface area contributed by atoms with Gasteiger partial charge in [0.1, 0.15) is 12.3 Å². The van der Waals surface area contributed by atoms with E-state index in [9.17, 15) is 4.79 Å². The highest BCUT2D eigenvalue weighted by molar-refractivity contribution is 14.0. The first-order valence-electron chi connectivity index (χ1n) is 10.5. The van der Waals surface area contributed by atoms with Crippen LogP contribution in [-0.4, -0.2) is 57.4 Å². The third kappa shape index (κ3) is 5.96. The Hall–Kier alpha value is -2.69. The van der Waals surface area contributed by atoms with Crippen LogP contribution >= 0.6 is 24.0 Å². The fourth-order valence-electron chi connectivity index (χ4n) is 3.52. The molecule has 2 aromatic rings. The molecule has 0 aliphatic carbocycles. The van der Waals surface area contributed by atoms with Gasteiger partial charge in [0.15, 0.2) is 17.5 Å². The van der Waals surface area contributed by atoms with Gasteiger partial charge in [0.25, 0.3) is 0 Å². The van der Waals surface area contributed by atoms with Crippen LogP contribution in [0.25, 0.3) is 0 Å². The van der Waals surface area contributed by atoms with Gasteiger partial charge in [-0.05, 0) is 30.2 Å². The van der Waals surface area contributed by atoms with Gasteiger partial charge < -0.3 is 29.7 Å². The van der Waals surface area contributed by atoms with Gasteiger partial charge in [0.2, 0.25) is 12.7 Å². The van der Waals surface area contributed by atoms with E-state index in [0.717, 1.165) is 41.2 Å². The van der Waals surface area contributed by atoms with Crippen LogP contribution in [-0.2, 0) is 11.2 Å². The second-order valence-electron chi connectivity index (χ2n) is 7.69. The van der Waals surface area contributed by atoms with E-state index in [-0.39, 0.29) is 49.3 Å². The molecule has 4 rings (SSSR count). The van der Waals surface area contributed by atoms with Crippen LogP contribution in [0.1, 0.15) is 23.6 Å². The molecule has 8 nitrogen and oxygen atoms in total. The number of ether oxygens (including phenoxy) is 3. The van der Waals surface area contributed by atoms with E-state index < -0.39 is 0 Å². The third-order valence-electron chi connectivity index (χ3n) is 5.28. The summed E-state index contributed by atoms with van der Waals surface area (Å²) < 4.78 is 16.6. The zero-order valence-electron chi connectivity index (χ0n) is 18.3. The van der Waals surface area contributed by atoms with Crippen LogP contribution in [0.4, 0.5) is 0 Å². The summed E-state index contributed by atoms with van der Waals surface area (Å²) in [7, 11) is 3.46. The third-order valence-corrected chi connectivity index (χ3v) is 5.28. The Morgan fingerprint density at radius 1 is 1.09 bits per heavy atom. The van der Waals surface area contributed by atoms with Crippen molar-refractivity contribution < 1.29 is 19.0 Å². The van der Waals surface area contributed by atoms with Crippen molar-refractivity contribution in [2.45, 2.75) is 18.9 Å². The molecule has 0 bridgehead atoms. The van der Waals surface area contributed by atoms with E-state index in [0.29, 0.717) is 19.1 Å². The molecule has 2 aliphatic heterocycles. The lowest BCUT2D eigenvalue weighted by Gasteiger charge is -2.28. The average molecular weight is 552 g/mol. The SMILES string of the molecule is CN(C)C(=O)CN=C(NCCc1ccc2c(c1)OCO2)NC1CCOc2ccccc21.I. The summed E-state index contributed by atoms with van der Waals surface area (Å²) in [4.78, 5) is 18.1. The molecule has 0 radical (unpaired) electrons. The predicted octanol–water partition coefficient (Wildman–Crippen LogP) is 2.72. The first kappa shape index (κ1) is 24.0. The Morgan fingerprint density at radius 2 is 1.91 bits per heavy atom. The van der Waals surface area contributed by atoms with E-state index in [2.05, 4.69) is 21.7 Å². The van der Waals surface area contributed by atoms with Gasteiger partial charge in [-0.1, -0.05) is 24.3 Å². The van der Waals surface area contributed by atoms with E-state index in [1.54, 1.807) is 14.1 Å². The highest BCUT2D eigenvalue weighted by Crippen LogP contribution is 2.33. The summed E-state index contributed by atoms with van der Waals surface area (Å²) in [6.07, 6.45) is 1.60. The smallest absolute Gasteiger partial charge is 0.243 e. The Morgan fingerprint density at radius 3 is 2.75 bits per heavy atom. The molecule has 1 atom stereocenters. The van der Waals surface area contributed by atoms with Crippen LogP contribution in [0.2, 0.25) is 0 Å². The minimum atomic E-state index is -0.0516. The first-order chi connectivity index (χ1) is 15.1. The van der Waals surface area contributed by atoms with E-state index in [1.807, 2.05) is 36.4 Å². The van der Waals surface area contributed by atoms with Gasteiger partial charge in [-0.2, -0.15) is 0 Å². The molecule has 1 amide bonds. The van der Waals surface area contributed by atoms with E-state index >= 15 is 0 Å². The van der Waals surface area contributed by atoms with Crippen molar-refractivity contribution >= 4 is 35.8 Å². The summed E-state index contributed by atoms with van der Waals surface area (Å²) in [5.74, 6) is 3.00. The van der Waals surface area contributed by atoms with Gasteiger partial charge in [-0.15, -0.1) is 24.0 Å². The maximum absolute atomic E-state index is 12.1. The highest BCUT2D eigenvalue weighted by atomic mass is 127. The normalized spacial score (nSPS) is 16.3. The lowest BCUT2D eigenvalue weighted by atomic mass is 10.0. The summed E-state index contributed by atoms with van der Waals surface area (Å²) in [6.45, 7) is 1.64. The number of hydrogen-bond donors (Lipinski definition) is 2. The minimum Gasteiger partial charge on any atom is -0.493 e. The van der Waals surface area contributed by atoms with E-state index in [4.69, 9.17) is 14.2 Å². The Bertz CT molecular complexity index is 967. The molecule has 0 spiro atoms. The van der Waals surface area contributed by atoms with Crippen LogP contribution in [0, 0.1) is 0 Å². The summed E-state index contributed by atoms with van der Waals surface area (Å²) >= 11 is 0. The molecule has 0 fully saturated rings. The van der Waals surface area contributed by atoms with Crippen LogP contribution < -0.4 is 24.8 Å². The van der Waals surface area contributed by atoms with Crippen molar-refractivity contribution in [3.05, 3.63) is 53.6 Å². The molecular weight excluding hydrogens is 523 g/mol. The van der Waals surface area contributed by atoms with E-state index in [1.165, 1.54) is 4.90 Å². The molecule has 0 saturated heterocycles. The van der Waals surface area contributed by atoms with Gasteiger partial charge in [0, 0.05) is 32.6 Å². The van der Waals surface area contributed by atoms with Gasteiger partial charge in [0.05, 0.1) is 12.6 Å². The highest BCUT2D eigenvalue weighted by Gasteiger charge is 2.22. The van der Waals surface area contributed by atoms with Gasteiger partial charge in [-0.25, -0.2) is 4.99 Å². The maximum atomic E-state index is 12.1. The number of halogens is 1. The number of rotatable bonds is 6. The monoisotopic (exact) mass is 552 g/mol. The molecular formula is C23H29IN4O4. The zero-order chi connectivity index (χ0) is 21.6. The number of likely N-dealkylation sites (N-methyl/N-ethyl adjacent to an activating group) is 1. The minimum absolute atomic E-state index is 0. The number of benzene rings is 2. The van der Waals surface area contributed by atoms with Crippen molar-refractivity contribution in [1.29, 1.82) is 0 Å². The molecule has 172 valence electrons. The number of para-hydroxylation sites is 1. The first-order valence-corrected chi connectivity index (χ1v) is 10.5. The van der Waals surface area contributed by atoms with Crippen LogP contribution in [0.3, 0.4) is 0 Å². The molecule has 0 aromatic heterocycles. The number of guanidine groups is 1. The number of hydrogen-bond acceptors (Lipinski definition) is 5. The number of nitrogens with zero attached hydrogens (tertiary/aromatic N) is 2. The second kappa shape index (κ2) is 11.3. The van der Waals surface area contributed by atoms with Crippen molar-refractivity contribution in [2.24, 2.45) is 4.99 Å². The number of carbonyl (C=O) groups excluding carboxylic acids is 1. The zero-order valence-corrected chi connectivity index (χ0v) is 20.6. The lowest BCUT2D eigenvalue weighted by molar-refractivity contribution is -0.127. The number of aliphatic imine (C=N–C) groups is 1. The van der Waals surface area contributed by atoms with Crippen LogP contribution in [0.5, 0.6) is 17.2 Å². The van der Waals surface area contributed by atoms with Gasteiger partial charge in [-0.3, -0.25) is 4.79 Å². The number of nitrogens with one attached hydrogen (secondary N) is 2. The molecule has 32 heavy (non-hydrogen) atoms. The molecule has 1 unspecified atom stereocenters. The topological polar surface area (TPSA) is 84.4 Å². The largest absolute Gasteiger partial charge is 0.493 e. The van der Waals surface area contributed by atoms with Crippen molar-refractivity contribution in [3.63, 3.8) is 0 Å². The summed E-state index contributed by atoms with van der Waals surface area (Å²) in [5, 5.41) is 6.84. The lowest BCUT2D eigenvalue weighted by Crippen LogP contribution is -2.42. The maximum Gasteiger partial charge on any atom is 0.243 e. The molecule has 2 N–H and O–H groups in total. The molecule has 9 heteroatoms. The molecule has 2 aromatic carbocycles. The Kier molecular flexibility index (Phi) is 8.43. The van der Waals surface area contributed by atoms with Crippen molar-refractivity contribution in [2.75, 3.05) is 40.6 Å². The molecule has 2 aliphatic rings. The quantitative estimate of drug-likeness (QED) is 0.326. The second-order valence-corrected chi connectivity index (χ2v) is 7.69. The number of amides is 1. The Balaban J connectivity index is 0.00000289. The predicted molar refractivity (Wildman–Crippen MR) is 133 cm³/mol. The standard InChI is InChI=1S/C23H28N4O4.HI/c1-27(2)22(28)14-25-23(26-18-10-12-29-19-6-4-3-5-17(18)19)24-11-9-16-7-8-20-21(13-16)31-15-30-20;/h3-8,13,18H,9-12,14-15H2,1-2H3,(H2,24,25,26);1H. The Labute approximate surface area is 205 Å². The fraction of sp³-hybridized carbons (Fsp3) is 0.391. The number of carbonyl (C=O) groups is 1. The number of fused-ring (bicyclic) bond motifs is 2. The van der Waals surface area contributed by atoms with Gasteiger partial charge >= 0.3 is 0 Å². The van der Waals surface area contributed by atoms with Crippen LogP contribution in [0.15, 0.2) is 47.5 Å². The average Bonchev–Trinajstić information content (AvgIpc) is 3.25. The van der Waals surface area contributed by atoms with Crippen molar-refractivity contribution in [1.82, 2.24) is 15.5 Å². The fourth-order valence-corrected chi connectivity index (χ4v) is 3.52. The summed E-state index contributed by atoms with van der Waals surface area (Å²) in [6, 6.07) is 14.0. The molecule has 0 saturated carbocycles.